The molecule has 0 saturated carbocycles. The minimum atomic E-state index is 0.0416. The third-order valence-electron chi connectivity index (χ3n) is 3.96. The summed E-state index contributed by atoms with van der Waals surface area (Å²) in [7, 11) is 0. The van der Waals surface area contributed by atoms with Crippen molar-refractivity contribution in [1.82, 2.24) is 10.2 Å². The van der Waals surface area contributed by atoms with Gasteiger partial charge in [-0.3, -0.25) is 10.1 Å². The van der Waals surface area contributed by atoms with Crippen molar-refractivity contribution in [2.75, 3.05) is 0 Å². The highest BCUT2D eigenvalue weighted by atomic mass is 16.2. The second-order valence-electron chi connectivity index (χ2n) is 6.38. The fourth-order valence-corrected chi connectivity index (χ4v) is 2.65. The molecule has 0 aromatic carbocycles. The van der Waals surface area contributed by atoms with Gasteiger partial charge in [-0.1, -0.05) is 41.0 Å². The number of carbonyl (C=O) groups is 1. The van der Waals surface area contributed by atoms with E-state index in [1.165, 1.54) is 0 Å². The van der Waals surface area contributed by atoms with Crippen LogP contribution in [0, 0.1) is 11.8 Å². The smallest absolute Gasteiger partial charge is 0.241 e. The standard InChI is InChI=1S/C15H30N2O/c1-7-8-13-15(18)17(12(6)11(4)5)14(16-13)9-10(2)3/h10-14,16H,7-9H2,1-6H3. The van der Waals surface area contributed by atoms with Crippen molar-refractivity contribution in [3.8, 4) is 0 Å². The summed E-state index contributed by atoms with van der Waals surface area (Å²) in [6.45, 7) is 13.1. The summed E-state index contributed by atoms with van der Waals surface area (Å²) in [5.74, 6) is 1.42. The van der Waals surface area contributed by atoms with Gasteiger partial charge in [-0.15, -0.1) is 0 Å². The Bertz CT molecular complexity index is 276. The monoisotopic (exact) mass is 254 g/mol. The first-order chi connectivity index (χ1) is 8.38. The van der Waals surface area contributed by atoms with Crippen LogP contribution in [0.5, 0.6) is 0 Å². The van der Waals surface area contributed by atoms with Crippen LogP contribution in [0.2, 0.25) is 0 Å². The van der Waals surface area contributed by atoms with Gasteiger partial charge in [-0.25, -0.2) is 0 Å². The van der Waals surface area contributed by atoms with Crippen LogP contribution in [-0.4, -0.2) is 29.1 Å². The molecular weight excluding hydrogens is 224 g/mol. The summed E-state index contributed by atoms with van der Waals surface area (Å²) >= 11 is 0. The summed E-state index contributed by atoms with van der Waals surface area (Å²) in [6, 6.07) is 0.357. The van der Waals surface area contributed by atoms with E-state index in [0.29, 0.717) is 23.8 Å². The molecule has 1 N–H and O–H groups in total. The maximum atomic E-state index is 12.5. The second kappa shape index (κ2) is 6.55. The molecule has 0 aliphatic carbocycles. The molecule has 1 heterocycles. The van der Waals surface area contributed by atoms with E-state index >= 15 is 0 Å². The van der Waals surface area contributed by atoms with Crippen molar-refractivity contribution in [2.45, 2.75) is 79.1 Å². The summed E-state index contributed by atoms with van der Waals surface area (Å²) in [4.78, 5) is 14.6. The first-order valence-electron chi connectivity index (χ1n) is 7.46. The summed E-state index contributed by atoms with van der Waals surface area (Å²) in [6.07, 6.45) is 3.28. The number of amides is 1. The van der Waals surface area contributed by atoms with Gasteiger partial charge < -0.3 is 4.90 Å². The maximum Gasteiger partial charge on any atom is 0.241 e. The first-order valence-corrected chi connectivity index (χ1v) is 7.46. The normalized spacial score (nSPS) is 26.4. The molecule has 0 bridgehead atoms. The molecule has 1 fully saturated rings. The minimum Gasteiger partial charge on any atom is -0.323 e. The van der Waals surface area contributed by atoms with Crippen LogP contribution < -0.4 is 5.32 Å². The average molecular weight is 254 g/mol. The van der Waals surface area contributed by atoms with Crippen LogP contribution in [0.15, 0.2) is 0 Å². The Balaban J connectivity index is 2.82. The van der Waals surface area contributed by atoms with Crippen molar-refractivity contribution in [3.05, 3.63) is 0 Å². The number of nitrogens with one attached hydrogen (secondary N) is 1. The van der Waals surface area contributed by atoms with Gasteiger partial charge in [0.1, 0.15) is 0 Å². The number of carbonyl (C=O) groups excluding carboxylic acids is 1. The van der Waals surface area contributed by atoms with E-state index in [1.54, 1.807) is 0 Å². The van der Waals surface area contributed by atoms with Crippen LogP contribution in [0.1, 0.15) is 60.8 Å². The van der Waals surface area contributed by atoms with Crippen molar-refractivity contribution >= 4 is 5.91 Å². The molecule has 1 saturated heterocycles. The van der Waals surface area contributed by atoms with E-state index in [1.807, 2.05) is 0 Å². The lowest BCUT2D eigenvalue weighted by atomic mass is 10.0. The average Bonchev–Trinajstić information content (AvgIpc) is 2.54. The Morgan fingerprint density at radius 2 is 1.83 bits per heavy atom. The molecule has 1 aliphatic heterocycles. The van der Waals surface area contributed by atoms with Crippen LogP contribution in [-0.2, 0) is 4.79 Å². The molecule has 0 aromatic heterocycles. The highest BCUT2D eigenvalue weighted by molar-refractivity contribution is 5.84. The molecule has 0 aromatic rings. The molecule has 106 valence electrons. The van der Waals surface area contributed by atoms with E-state index in [-0.39, 0.29) is 12.2 Å². The van der Waals surface area contributed by atoms with Crippen LogP contribution in [0.25, 0.3) is 0 Å². The fourth-order valence-electron chi connectivity index (χ4n) is 2.65. The molecule has 0 radical (unpaired) electrons. The Labute approximate surface area is 112 Å². The molecule has 1 aliphatic rings. The zero-order chi connectivity index (χ0) is 13.9. The zero-order valence-corrected chi connectivity index (χ0v) is 12.9. The molecule has 0 spiro atoms. The number of rotatable bonds is 6. The first kappa shape index (κ1) is 15.5. The van der Waals surface area contributed by atoms with E-state index in [2.05, 4.69) is 51.8 Å². The van der Waals surface area contributed by atoms with E-state index < -0.39 is 0 Å². The van der Waals surface area contributed by atoms with Crippen molar-refractivity contribution in [1.29, 1.82) is 0 Å². The van der Waals surface area contributed by atoms with E-state index in [9.17, 15) is 4.79 Å². The van der Waals surface area contributed by atoms with Gasteiger partial charge in [0.2, 0.25) is 5.91 Å². The maximum absolute atomic E-state index is 12.5. The van der Waals surface area contributed by atoms with E-state index in [0.717, 1.165) is 19.3 Å². The molecular formula is C15H30N2O. The van der Waals surface area contributed by atoms with Crippen LogP contribution in [0.4, 0.5) is 0 Å². The van der Waals surface area contributed by atoms with Crippen molar-refractivity contribution in [2.24, 2.45) is 11.8 Å². The number of hydrogen-bond donors (Lipinski definition) is 1. The van der Waals surface area contributed by atoms with Gasteiger partial charge in [0.15, 0.2) is 0 Å². The number of hydrogen-bond acceptors (Lipinski definition) is 2. The highest BCUT2D eigenvalue weighted by Crippen LogP contribution is 2.25. The van der Waals surface area contributed by atoms with Gasteiger partial charge in [0, 0.05) is 6.04 Å². The van der Waals surface area contributed by atoms with Gasteiger partial charge in [0.05, 0.1) is 12.2 Å². The quantitative estimate of drug-likeness (QED) is 0.790. The minimum absolute atomic E-state index is 0.0416. The fraction of sp³-hybridized carbons (Fsp3) is 0.933. The second-order valence-corrected chi connectivity index (χ2v) is 6.38. The largest absolute Gasteiger partial charge is 0.323 e. The Morgan fingerprint density at radius 3 is 2.28 bits per heavy atom. The van der Waals surface area contributed by atoms with E-state index in [4.69, 9.17) is 0 Å². The highest BCUT2D eigenvalue weighted by Gasteiger charge is 2.41. The molecule has 1 rings (SSSR count). The molecule has 3 atom stereocenters. The Kier molecular flexibility index (Phi) is 5.64. The molecule has 1 amide bonds. The summed E-state index contributed by atoms with van der Waals surface area (Å²) < 4.78 is 0. The third-order valence-corrected chi connectivity index (χ3v) is 3.96. The molecule has 3 heteroatoms. The van der Waals surface area contributed by atoms with Crippen molar-refractivity contribution < 1.29 is 4.79 Å². The lowest BCUT2D eigenvalue weighted by molar-refractivity contribution is -0.133. The van der Waals surface area contributed by atoms with Gasteiger partial charge in [0.25, 0.3) is 0 Å². The summed E-state index contributed by atoms with van der Waals surface area (Å²) in [5.41, 5.74) is 0. The molecule has 3 nitrogen and oxygen atoms in total. The zero-order valence-electron chi connectivity index (χ0n) is 12.9. The molecule has 3 unspecified atom stereocenters. The predicted molar refractivity (Wildman–Crippen MR) is 76.2 cm³/mol. The van der Waals surface area contributed by atoms with Gasteiger partial charge in [-0.2, -0.15) is 0 Å². The van der Waals surface area contributed by atoms with Crippen LogP contribution >= 0.6 is 0 Å². The van der Waals surface area contributed by atoms with Gasteiger partial charge in [-0.05, 0) is 31.6 Å². The number of nitrogens with zero attached hydrogens (tertiary/aromatic N) is 1. The third kappa shape index (κ3) is 3.47. The lowest BCUT2D eigenvalue weighted by Crippen LogP contribution is -2.46. The Hall–Kier alpha value is -0.570. The molecule has 18 heavy (non-hydrogen) atoms. The van der Waals surface area contributed by atoms with Crippen LogP contribution in [0.3, 0.4) is 0 Å². The van der Waals surface area contributed by atoms with Gasteiger partial charge >= 0.3 is 0 Å². The Morgan fingerprint density at radius 1 is 1.22 bits per heavy atom. The van der Waals surface area contributed by atoms with Crippen molar-refractivity contribution in [3.63, 3.8) is 0 Å². The topological polar surface area (TPSA) is 32.3 Å². The predicted octanol–water partition coefficient (Wildman–Crippen LogP) is 3.00. The summed E-state index contributed by atoms with van der Waals surface area (Å²) in [5, 5.41) is 3.54. The SMILES string of the molecule is CCCC1NC(CC(C)C)N(C(C)C(C)C)C1=O. The lowest BCUT2D eigenvalue weighted by Gasteiger charge is -2.33.